The summed E-state index contributed by atoms with van der Waals surface area (Å²) in [5.41, 5.74) is 3.41. The van der Waals surface area contributed by atoms with Gasteiger partial charge >= 0.3 is 0 Å². The molecule has 0 fully saturated rings. The molecule has 2 aromatic carbocycles. The number of carbonyl (C=O) groups is 1. The standard InChI is InChI=1S/C18H19IN2O/c1-13-10-11-14-6-2-5-9-17(14)21(13)12-18(22)20-16-8-4-3-7-15(16)19/h2-9,13H,10-12H2,1H3,(H,20,22)/t13-/m0/s1. The maximum atomic E-state index is 12.4. The van der Waals surface area contributed by atoms with Crippen LogP contribution < -0.4 is 10.2 Å². The second-order valence-corrected chi connectivity index (χ2v) is 6.83. The summed E-state index contributed by atoms with van der Waals surface area (Å²) in [7, 11) is 0. The van der Waals surface area contributed by atoms with E-state index < -0.39 is 0 Å². The number of rotatable bonds is 3. The van der Waals surface area contributed by atoms with Gasteiger partial charge in [0.1, 0.15) is 0 Å². The molecule has 4 heteroatoms. The molecule has 1 heterocycles. The largest absolute Gasteiger partial charge is 0.359 e. The number of benzene rings is 2. The first kappa shape index (κ1) is 15.3. The van der Waals surface area contributed by atoms with Gasteiger partial charge in [0.2, 0.25) is 5.91 Å². The molecular formula is C18H19IN2O. The van der Waals surface area contributed by atoms with Gasteiger partial charge in [-0.3, -0.25) is 4.79 Å². The second kappa shape index (κ2) is 6.69. The minimum absolute atomic E-state index is 0.0349. The highest BCUT2D eigenvalue weighted by molar-refractivity contribution is 14.1. The van der Waals surface area contributed by atoms with Crippen molar-refractivity contribution in [2.24, 2.45) is 0 Å². The lowest BCUT2D eigenvalue weighted by molar-refractivity contribution is -0.115. The van der Waals surface area contributed by atoms with Crippen molar-refractivity contribution in [1.29, 1.82) is 0 Å². The number of aryl methyl sites for hydroxylation is 1. The topological polar surface area (TPSA) is 32.3 Å². The maximum absolute atomic E-state index is 12.4. The Kier molecular flexibility index (Phi) is 4.66. The fourth-order valence-electron chi connectivity index (χ4n) is 2.91. The summed E-state index contributed by atoms with van der Waals surface area (Å²) < 4.78 is 1.06. The molecular weight excluding hydrogens is 387 g/mol. The molecule has 0 radical (unpaired) electrons. The van der Waals surface area contributed by atoms with Crippen molar-refractivity contribution < 1.29 is 4.79 Å². The zero-order chi connectivity index (χ0) is 15.5. The van der Waals surface area contributed by atoms with Crippen LogP contribution in [0.3, 0.4) is 0 Å². The van der Waals surface area contributed by atoms with E-state index in [1.54, 1.807) is 0 Å². The smallest absolute Gasteiger partial charge is 0.243 e. The predicted molar refractivity (Wildman–Crippen MR) is 99.4 cm³/mol. The lowest BCUT2D eigenvalue weighted by Gasteiger charge is -2.36. The van der Waals surface area contributed by atoms with Gasteiger partial charge in [0.15, 0.2) is 0 Å². The van der Waals surface area contributed by atoms with Crippen LogP contribution in [-0.2, 0) is 11.2 Å². The van der Waals surface area contributed by atoms with Crippen LogP contribution in [0, 0.1) is 3.57 Å². The summed E-state index contributed by atoms with van der Waals surface area (Å²) >= 11 is 2.24. The molecule has 22 heavy (non-hydrogen) atoms. The van der Waals surface area contributed by atoms with Crippen molar-refractivity contribution in [2.75, 3.05) is 16.8 Å². The molecule has 1 amide bonds. The fraction of sp³-hybridized carbons (Fsp3) is 0.278. The van der Waals surface area contributed by atoms with Crippen molar-refractivity contribution >= 4 is 39.9 Å². The number of nitrogens with one attached hydrogen (secondary N) is 1. The van der Waals surface area contributed by atoms with Crippen LogP contribution in [0.1, 0.15) is 18.9 Å². The third kappa shape index (κ3) is 3.27. The Balaban J connectivity index is 1.75. The molecule has 1 aliphatic rings. The molecule has 0 unspecified atom stereocenters. The molecule has 1 N–H and O–H groups in total. The average molecular weight is 406 g/mol. The van der Waals surface area contributed by atoms with Crippen LogP contribution in [0.2, 0.25) is 0 Å². The Morgan fingerprint density at radius 2 is 1.95 bits per heavy atom. The molecule has 0 bridgehead atoms. The lowest BCUT2D eigenvalue weighted by atomic mass is 9.96. The van der Waals surface area contributed by atoms with Crippen LogP contribution in [0.25, 0.3) is 0 Å². The van der Waals surface area contributed by atoms with Crippen molar-refractivity contribution in [3.63, 3.8) is 0 Å². The first-order valence-corrected chi connectivity index (χ1v) is 8.62. The number of fused-ring (bicyclic) bond motifs is 1. The molecule has 114 valence electrons. The highest BCUT2D eigenvalue weighted by Crippen LogP contribution is 2.30. The van der Waals surface area contributed by atoms with Gasteiger partial charge in [-0.15, -0.1) is 0 Å². The quantitative estimate of drug-likeness (QED) is 0.780. The Hall–Kier alpha value is -1.56. The number of anilines is 2. The van der Waals surface area contributed by atoms with E-state index in [9.17, 15) is 4.79 Å². The minimum Gasteiger partial charge on any atom is -0.359 e. The Labute approximate surface area is 144 Å². The summed E-state index contributed by atoms with van der Waals surface area (Å²) in [4.78, 5) is 14.6. The van der Waals surface area contributed by atoms with E-state index in [-0.39, 0.29) is 5.91 Å². The van der Waals surface area contributed by atoms with Gasteiger partial charge in [-0.05, 0) is 66.1 Å². The van der Waals surface area contributed by atoms with Crippen molar-refractivity contribution in [1.82, 2.24) is 0 Å². The number of amides is 1. The number of nitrogens with zero attached hydrogens (tertiary/aromatic N) is 1. The number of halogens is 1. The Morgan fingerprint density at radius 3 is 2.77 bits per heavy atom. The van der Waals surface area contributed by atoms with E-state index in [4.69, 9.17) is 0 Å². The number of para-hydroxylation sites is 2. The van der Waals surface area contributed by atoms with Gasteiger partial charge in [-0.2, -0.15) is 0 Å². The molecule has 2 aromatic rings. The average Bonchev–Trinajstić information content (AvgIpc) is 2.52. The molecule has 3 nitrogen and oxygen atoms in total. The van der Waals surface area contributed by atoms with Gasteiger partial charge in [0.05, 0.1) is 12.2 Å². The molecule has 0 aliphatic carbocycles. The highest BCUT2D eigenvalue weighted by atomic mass is 127. The minimum atomic E-state index is 0.0349. The fourth-order valence-corrected chi connectivity index (χ4v) is 3.43. The van der Waals surface area contributed by atoms with Crippen molar-refractivity contribution in [2.45, 2.75) is 25.8 Å². The van der Waals surface area contributed by atoms with Gasteiger partial charge in [0, 0.05) is 15.3 Å². The van der Waals surface area contributed by atoms with E-state index in [1.165, 1.54) is 11.3 Å². The molecule has 0 saturated carbocycles. The van der Waals surface area contributed by atoms with Crippen LogP contribution in [-0.4, -0.2) is 18.5 Å². The molecule has 1 atom stereocenters. The molecule has 0 spiro atoms. The normalized spacial score (nSPS) is 17.0. The van der Waals surface area contributed by atoms with Crippen LogP contribution in [0.15, 0.2) is 48.5 Å². The number of hydrogen-bond donors (Lipinski definition) is 1. The zero-order valence-corrected chi connectivity index (χ0v) is 14.7. The Morgan fingerprint density at radius 1 is 1.23 bits per heavy atom. The zero-order valence-electron chi connectivity index (χ0n) is 12.6. The van der Waals surface area contributed by atoms with Crippen LogP contribution in [0.4, 0.5) is 11.4 Å². The summed E-state index contributed by atoms with van der Waals surface area (Å²) in [5.74, 6) is 0.0349. The lowest BCUT2D eigenvalue weighted by Crippen LogP contribution is -2.42. The third-order valence-corrected chi connectivity index (χ3v) is 5.07. The summed E-state index contributed by atoms with van der Waals surface area (Å²) in [6.07, 6.45) is 2.18. The number of hydrogen-bond acceptors (Lipinski definition) is 2. The molecule has 0 aromatic heterocycles. The van der Waals surface area contributed by atoms with Gasteiger partial charge in [-0.25, -0.2) is 0 Å². The van der Waals surface area contributed by atoms with E-state index in [1.807, 2.05) is 30.3 Å². The summed E-state index contributed by atoms with van der Waals surface area (Å²) in [5, 5.41) is 3.02. The molecule has 0 saturated heterocycles. The number of carbonyl (C=O) groups excluding carboxylic acids is 1. The second-order valence-electron chi connectivity index (χ2n) is 5.67. The maximum Gasteiger partial charge on any atom is 0.243 e. The SMILES string of the molecule is C[C@H]1CCc2ccccc2N1CC(=O)Nc1ccccc1I. The van der Waals surface area contributed by atoms with Gasteiger partial charge in [-0.1, -0.05) is 30.3 Å². The highest BCUT2D eigenvalue weighted by Gasteiger charge is 2.24. The predicted octanol–water partition coefficient (Wildman–Crippen LogP) is 4.07. The first-order chi connectivity index (χ1) is 10.6. The van der Waals surface area contributed by atoms with Crippen molar-refractivity contribution in [3.8, 4) is 0 Å². The van der Waals surface area contributed by atoms with E-state index in [0.29, 0.717) is 12.6 Å². The summed E-state index contributed by atoms with van der Waals surface area (Å²) in [6.45, 7) is 2.58. The third-order valence-electron chi connectivity index (χ3n) is 4.13. The monoisotopic (exact) mass is 406 g/mol. The summed E-state index contributed by atoms with van der Waals surface area (Å²) in [6, 6.07) is 16.6. The van der Waals surface area contributed by atoms with Crippen LogP contribution in [0.5, 0.6) is 0 Å². The molecule has 1 aliphatic heterocycles. The van der Waals surface area contributed by atoms with E-state index in [2.05, 4.69) is 57.9 Å². The van der Waals surface area contributed by atoms with E-state index in [0.717, 1.165) is 22.1 Å². The van der Waals surface area contributed by atoms with Gasteiger partial charge < -0.3 is 10.2 Å². The van der Waals surface area contributed by atoms with E-state index >= 15 is 0 Å². The molecule has 3 rings (SSSR count). The first-order valence-electron chi connectivity index (χ1n) is 7.54. The van der Waals surface area contributed by atoms with Crippen LogP contribution >= 0.6 is 22.6 Å². The van der Waals surface area contributed by atoms with Crippen molar-refractivity contribution in [3.05, 3.63) is 57.7 Å². The van der Waals surface area contributed by atoms with Gasteiger partial charge in [0.25, 0.3) is 0 Å². The Bertz CT molecular complexity index is 686.